The fourth-order valence-electron chi connectivity index (χ4n) is 1.98. The Balaban J connectivity index is 1.86. The van der Waals surface area contributed by atoms with Crippen LogP contribution in [0.3, 0.4) is 0 Å². The third kappa shape index (κ3) is 2.40. The first-order valence-corrected chi connectivity index (χ1v) is 6.46. The monoisotopic (exact) mass is 269 g/mol. The molecular weight excluding hydrogens is 254 g/mol. The fraction of sp³-hybridized carbons (Fsp3) is 0.214. The van der Waals surface area contributed by atoms with Gasteiger partial charge in [0.2, 0.25) is 11.8 Å². The van der Waals surface area contributed by atoms with Crippen molar-refractivity contribution in [2.75, 3.05) is 11.1 Å². The minimum Gasteiger partial charge on any atom is -0.444 e. The summed E-state index contributed by atoms with van der Waals surface area (Å²) < 4.78 is 5.55. The quantitative estimate of drug-likeness (QED) is 0.755. The Morgan fingerprint density at radius 3 is 2.90 bits per heavy atom. The molecule has 0 amide bonds. The predicted octanol–water partition coefficient (Wildman–Crippen LogP) is 2.37. The molecule has 0 radical (unpaired) electrons. The van der Waals surface area contributed by atoms with E-state index in [2.05, 4.69) is 20.3 Å². The first-order chi connectivity index (χ1) is 9.76. The Bertz CT molecular complexity index is 737. The van der Waals surface area contributed by atoms with E-state index in [9.17, 15) is 0 Å². The number of para-hydroxylation sites is 1. The van der Waals surface area contributed by atoms with E-state index >= 15 is 0 Å². The maximum Gasteiger partial charge on any atom is 0.222 e. The van der Waals surface area contributed by atoms with Crippen LogP contribution in [-0.2, 0) is 13.0 Å². The Labute approximate surface area is 116 Å². The number of benzene rings is 1. The standard InChI is InChI=1S/C14H15N5O/c1-2-9-7-16-12(20-9)8-17-13-10-5-3-4-6-11(10)18-14(15)19-13/h3-7H,2,8H2,1H3,(H3,15,17,18,19). The zero-order valence-corrected chi connectivity index (χ0v) is 11.1. The predicted molar refractivity (Wildman–Crippen MR) is 77.2 cm³/mol. The molecule has 3 aromatic rings. The van der Waals surface area contributed by atoms with Crippen LogP contribution in [0.4, 0.5) is 11.8 Å². The first-order valence-electron chi connectivity index (χ1n) is 6.46. The van der Waals surface area contributed by atoms with Gasteiger partial charge in [-0.15, -0.1) is 0 Å². The molecule has 6 nitrogen and oxygen atoms in total. The van der Waals surface area contributed by atoms with Crippen molar-refractivity contribution in [1.29, 1.82) is 0 Å². The van der Waals surface area contributed by atoms with Crippen molar-refractivity contribution >= 4 is 22.7 Å². The van der Waals surface area contributed by atoms with Crippen molar-refractivity contribution in [3.8, 4) is 0 Å². The number of aromatic nitrogens is 3. The van der Waals surface area contributed by atoms with Gasteiger partial charge in [-0.1, -0.05) is 19.1 Å². The van der Waals surface area contributed by atoms with Gasteiger partial charge in [0.05, 0.1) is 18.3 Å². The van der Waals surface area contributed by atoms with Gasteiger partial charge < -0.3 is 15.5 Å². The molecule has 0 atom stereocenters. The molecular formula is C14H15N5O. The van der Waals surface area contributed by atoms with Crippen LogP contribution in [0.1, 0.15) is 18.6 Å². The average molecular weight is 269 g/mol. The van der Waals surface area contributed by atoms with Crippen LogP contribution in [0.5, 0.6) is 0 Å². The number of nitrogens with one attached hydrogen (secondary N) is 1. The lowest BCUT2D eigenvalue weighted by atomic mass is 10.2. The lowest BCUT2D eigenvalue weighted by Crippen LogP contribution is -2.05. The summed E-state index contributed by atoms with van der Waals surface area (Å²) in [5.41, 5.74) is 6.53. The molecule has 3 rings (SSSR count). The van der Waals surface area contributed by atoms with E-state index in [0.29, 0.717) is 18.3 Å². The number of rotatable bonds is 4. The highest BCUT2D eigenvalue weighted by Gasteiger charge is 2.07. The highest BCUT2D eigenvalue weighted by molar-refractivity contribution is 5.89. The minimum absolute atomic E-state index is 0.243. The molecule has 20 heavy (non-hydrogen) atoms. The summed E-state index contributed by atoms with van der Waals surface area (Å²) in [6.07, 6.45) is 2.57. The molecule has 0 aliphatic rings. The summed E-state index contributed by atoms with van der Waals surface area (Å²) in [5, 5.41) is 4.12. The summed E-state index contributed by atoms with van der Waals surface area (Å²) in [5.74, 6) is 2.43. The smallest absolute Gasteiger partial charge is 0.222 e. The number of aryl methyl sites for hydroxylation is 1. The molecule has 3 N–H and O–H groups in total. The Kier molecular flexibility index (Phi) is 3.20. The highest BCUT2D eigenvalue weighted by Crippen LogP contribution is 2.21. The van der Waals surface area contributed by atoms with E-state index in [-0.39, 0.29) is 5.95 Å². The SMILES string of the molecule is CCc1cnc(CNc2nc(N)nc3ccccc23)o1. The summed E-state index contributed by atoms with van der Waals surface area (Å²) in [6, 6.07) is 7.70. The average Bonchev–Trinajstić information content (AvgIpc) is 2.92. The number of hydrogen-bond donors (Lipinski definition) is 2. The Morgan fingerprint density at radius 1 is 1.25 bits per heavy atom. The van der Waals surface area contributed by atoms with Gasteiger partial charge in [0, 0.05) is 11.8 Å². The van der Waals surface area contributed by atoms with Crippen LogP contribution < -0.4 is 11.1 Å². The second-order valence-electron chi connectivity index (χ2n) is 4.37. The van der Waals surface area contributed by atoms with Gasteiger partial charge in [-0.2, -0.15) is 4.98 Å². The molecule has 0 saturated heterocycles. The van der Waals surface area contributed by atoms with Crippen molar-refractivity contribution in [3.05, 3.63) is 42.1 Å². The number of nitrogen functional groups attached to an aromatic ring is 1. The number of anilines is 2. The van der Waals surface area contributed by atoms with Crippen molar-refractivity contribution in [2.45, 2.75) is 19.9 Å². The highest BCUT2D eigenvalue weighted by atomic mass is 16.4. The molecule has 2 heterocycles. The van der Waals surface area contributed by atoms with Crippen LogP contribution in [0, 0.1) is 0 Å². The van der Waals surface area contributed by atoms with Crippen LogP contribution in [0.2, 0.25) is 0 Å². The van der Waals surface area contributed by atoms with E-state index in [4.69, 9.17) is 10.2 Å². The number of nitrogens with two attached hydrogens (primary N) is 1. The van der Waals surface area contributed by atoms with Crippen molar-refractivity contribution < 1.29 is 4.42 Å². The molecule has 102 valence electrons. The van der Waals surface area contributed by atoms with Crippen molar-refractivity contribution in [1.82, 2.24) is 15.0 Å². The second kappa shape index (κ2) is 5.16. The maximum absolute atomic E-state index is 5.72. The van der Waals surface area contributed by atoms with Gasteiger partial charge >= 0.3 is 0 Å². The zero-order valence-electron chi connectivity index (χ0n) is 11.1. The molecule has 1 aromatic carbocycles. The topological polar surface area (TPSA) is 89.9 Å². The number of oxazole rings is 1. The fourth-order valence-corrected chi connectivity index (χ4v) is 1.98. The minimum atomic E-state index is 0.243. The molecule has 0 saturated carbocycles. The normalized spacial score (nSPS) is 10.8. The number of hydrogen-bond acceptors (Lipinski definition) is 6. The molecule has 0 aliphatic heterocycles. The summed E-state index contributed by atoms with van der Waals surface area (Å²) >= 11 is 0. The zero-order chi connectivity index (χ0) is 13.9. The first kappa shape index (κ1) is 12.4. The molecule has 0 aliphatic carbocycles. The third-order valence-electron chi connectivity index (χ3n) is 2.98. The lowest BCUT2D eigenvalue weighted by Gasteiger charge is -2.07. The van der Waals surface area contributed by atoms with Crippen molar-refractivity contribution in [2.24, 2.45) is 0 Å². The second-order valence-corrected chi connectivity index (χ2v) is 4.37. The molecule has 0 unspecified atom stereocenters. The van der Waals surface area contributed by atoms with E-state index in [0.717, 1.165) is 23.1 Å². The summed E-state index contributed by atoms with van der Waals surface area (Å²) in [4.78, 5) is 12.6. The summed E-state index contributed by atoms with van der Waals surface area (Å²) in [6.45, 7) is 2.48. The van der Waals surface area contributed by atoms with Gasteiger partial charge in [0.15, 0.2) is 0 Å². The third-order valence-corrected chi connectivity index (χ3v) is 2.98. The van der Waals surface area contributed by atoms with Gasteiger partial charge in [-0.3, -0.25) is 0 Å². The van der Waals surface area contributed by atoms with E-state index in [1.165, 1.54) is 0 Å². The van der Waals surface area contributed by atoms with Gasteiger partial charge in [0.25, 0.3) is 0 Å². The van der Waals surface area contributed by atoms with E-state index < -0.39 is 0 Å². The Hall–Kier alpha value is -2.63. The number of nitrogens with zero attached hydrogens (tertiary/aromatic N) is 3. The molecule has 2 aromatic heterocycles. The molecule has 0 fully saturated rings. The van der Waals surface area contributed by atoms with E-state index in [1.54, 1.807) is 6.20 Å². The maximum atomic E-state index is 5.72. The van der Waals surface area contributed by atoms with Gasteiger partial charge in [0.1, 0.15) is 11.6 Å². The van der Waals surface area contributed by atoms with Crippen LogP contribution >= 0.6 is 0 Å². The Morgan fingerprint density at radius 2 is 2.10 bits per heavy atom. The number of fused-ring (bicyclic) bond motifs is 1. The summed E-state index contributed by atoms with van der Waals surface area (Å²) in [7, 11) is 0. The van der Waals surface area contributed by atoms with Crippen LogP contribution in [-0.4, -0.2) is 15.0 Å². The molecule has 0 bridgehead atoms. The molecule has 6 heteroatoms. The van der Waals surface area contributed by atoms with Crippen molar-refractivity contribution in [3.63, 3.8) is 0 Å². The van der Waals surface area contributed by atoms with Crippen LogP contribution in [0.25, 0.3) is 10.9 Å². The van der Waals surface area contributed by atoms with E-state index in [1.807, 2.05) is 31.2 Å². The van der Waals surface area contributed by atoms with Gasteiger partial charge in [-0.05, 0) is 12.1 Å². The van der Waals surface area contributed by atoms with Crippen LogP contribution in [0.15, 0.2) is 34.9 Å². The largest absolute Gasteiger partial charge is 0.444 e. The molecule has 0 spiro atoms. The lowest BCUT2D eigenvalue weighted by molar-refractivity contribution is 0.465. The van der Waals surface area contributed by atoms with Gasteiger partial charge in [-0.25, -0.2) is 9.97 Å².